The van der Waals surface area contributed by atoms with E-state index < -0.39 is 10.0 Å². The second-order valence-electron chi connectivity index (χ2n) is 8.41. The molecule has 7 nitrogen and oxygen atoms in total. The number of nitrogens with one attached hydrogen (secondary N) is 2. The van der Waals surface area contributed by atoms with Gasteiger partial charge in [-0.15, -0.1) is 11.3 Å². The molecule has 0 saturated carbocycles. The smallest absolute Gasteiger partial charge is 0.271 e. The van der Waals surface area contributed by atoms with Crippen LogP contribution in [0, 0.1) is 0 Å². The Morgan fingerprint density at radius 3 is 2.50 bits per heavy atom. The molecule has 0 aliphatic carbocycles. The van der Waals surface area contributed by atoms with Gasteiger partial charge in [-0.2, -0.15) is 0 Å². The summed E-state index contributed by atoms with van der Waals surface area (Å²) in [6.07, 6.45) is 0. The minimum Gasteiger partial charge on any atom is -0.495 e. The summed E-state index contributed by atoms with van der Waals surface area (Å²) in [6.45, 7) is 8.44. The zero-order valence-corrected chi connectivity index (χ0v) is 21.5. The van der Waals surface area contributed by atoms with Crippen LogP contribution < -0.4 is 24.4 Å². The molecule has 9 heteroatoms. The van der Waals surface area contributed by atoms with Crippen molar-refractivity contribution in [2.75, 3.05) is 36.4 Å². The van der Waals surface area contributed by atoms with Gasteiger partial charge >= 0.3 is 0 Å². The fourth-order valence-electron chi connectivity index (χ4n) is 4.27. The molecule has 0 radical (unpaired) electrons. The van der Waals surface area contributed by atoms with E-state index in [4.69, 9.17) is 9.47 Å². The lowest BCUT2D eigenvalue weighted by Crippen LogP contribution is -2.54. The number of rotatable bonds is 8. The van der Waals surface area contributed by atoms with Gasteiger partial charge in [-0.1, -0.05) is 12.1 Å². The van der Waals surface area contributed by atoms with E-state index in [0.29, 0.717) is 30.1 Å². The number of sulfonamides is 1. The molecule has 1 aliphatic heterocycles. The van der Waals surface area contributed by atoms with Gasteiger partial charge in [-0.25, -0.2) is 8.42 Å². The van der Waals surface area contributed by atoms with Crippen molar-refractivity contribution in [1.29, 1.82) is 0 Å². The third-order valence-corrected chi connectivity index (χ3v) is 8.62. The highest BCUT2D eigenvalue weighted by atomic mass is 32.2. The number of piperazine rings is 1. The van der Waals surface area contributed by atoms with Crippen LogP contribution in [0.5, 0.6) is 11.5 Å². The first-order chi connectivity index (χ1) is 16.3. The lowest BCUT2D eigenvalue weighted by atomic mass is 10.1. The van der Waals surface area contributed by atoms with Crippen LogP contribution in [-0.4, -0.2) is 47.3 Å². The van der Waals surface area contributed by atoms with Crippen LogP contribution in [0.2, 0.25) is 0 Å². The van der Waals surface area contributed by atoms with E-state index in [0.717, 1.165) is 35.0 Å². The van der Waals surface area contributed by atoms with Crippen LogP contribution in [0.3, 0.4) is 0 Å². The number of anilines is 2. The number of nitrogens with zero attached hydrogens (tertiary/aromatic N) is 1. The van der Waals surface area contributed by atoms with Gasteiger partial charge < -0.3 is 19.7 Å². The van der Waals surface area contributed by atoms with Crippen molar-refractivity contribution in [3.63, 3.8) is 0 Å². The van der Waals surface area contributed by atoms with Gasteiger partial charge in [0.1, 0.15) is 15.7 Å². The van der Waals surface area contributed by atoms with E-state index in [2.05, 4.69) is 28.8 Å². The van der Waals surface area contributed by atoms with Crippen LogP contribution in [0.15, 0.2) is 58.8 Å². The quantitative estimate of drug-likeness (QED) is 0.461. The van der Waals surface area contributed by atoms with Gasteiger partial charge in [-0.3, -0.25) is 4.72 Å². The number of thiophene rings is 1. The van der Waals surface area contributed by atoms with Crippen molar-refractivity contribution in [3.05, 3.63) is 54.6 Å². The summed E-state index contributed by atoms with van der Waals surface area (Å²) in [5.41, 5.74) is 2.25. The first-order valence-corrected chi connectivity index (χ1v) is 13.6. The van der Waals surface area contributed by atoms with Gasteiger partial charge in [0.15, 0.2) is 0 Å². The highest BCUT2D eigenvalue weighted by Gasteiger charge is 2.24. The van der Waals surface area contributed by atoms with Gasteiger partial charge in [0, 0.05) is 41.3 Å². The Labute approximate surface area is 205 Å². The van der Waals surface area contributed by atoms with Gasteiger partial charge in [-0.05, 0) is 63.2 Å². The van der Waals surface area contributed by atoms with Crippen molar-refractivity contribution in [3.8, 4) is 21.9 Å². The summed E-state index contributed by atoms with van der Waals surface area (Å²) in [5, 5.41) is 3.52. The lowest BCUT2D eigenvalue weighted by Gasteiger charge is -2.38. The van der Waals surface area contributed by atoms with Crippen molar-refractivity contribution < 1.29 is 17.9 Å². The Hall–Kier alpha value is -2.75. The molecular formula is C25H31N3O4S2. The largest absolute Gasteiger partial charge is 0.495 e. The number of ether oxygens (including phenoxy) is 2. The zero-order chi connectivity index (χ0) is 24.3. The molecule has 3 aromatic rings. The van der Waals surface area contributed by atoms with Gasteiger partial charge in [0.05, 0.1) is 19.4 Å². The van der Waals surface area contributed by atoms with Gasteiger partial charge in [0.2, 0.25) is 0 Å². The average Bonchev–Trinajstić information content (AvgIpc) is 3.30. The number of benzene rings is 2. The maximum Gasteiger partial charge on any atom is 0.271 e. The Bertz CT molecular complexity index is 1230. The summed E-state index contributed by atoms with van der Waals surface area (Å²) in [4.78, 5) is 3.09. The standard InChI is InChI=1S/C25H31N3O4S2/c1-5-32-22-9-7-6-8-20(22)24-12-13-25(33-24)34(29,30)27-21-14-19(10-11-23(21)31-4)28-15-17(2)26-18(3)16-28/h6-14,17-18,26-27H,5,15-16H2,1-4H3/t17-,18+. The molecule has 0 spiro atoms. The SMILES string of the molecule is CCOc1ccccc1-c1ccc(S(=O)(=O)Nc2cc(N3C[C@@H](C)N[C@@H](C)C3)ccc2OC)s1. The molecule has 1 aromatic heterocycles. The van der Waals surface area contributed by atoms with Crippen molar-refractivity contribution >= 4 is 32.7 Å². The van der Waals surface area contributed by atoms with E-state index in [1.165, 1.54) is 18.4 Å². The summed E-state index contributed by atoms with van der Waals surface area (Å²) in [6, 6.07) is 17.4. The summed E-state index contributed by atoms with van der Waals surface area (Å²) >= 11 is 1.21. The third kappa shape index (κ3) is 5.32. The van der Waals surface area contributed by atoms with Crippen molar-refractivity contribution in [2.24, 2.45) is 0 Å². The first kappa shape index (κ1) is 24.4. The summed E-state index contributed by atoms with van der Waals surface area (Å²) < 4.78 is 40.8. The van der Waals surface area contributed by atoms with E-state index >= 15 is 0 Å². The maximum atomic E-state index is 13.3. The number of para-hydroxylation sites is 1. The van der Waals surface area contributed by atoms with Crippen LogP contribution in [-0.2, 0) is 10.0 Å². The topological polar surface area (TPSA) is 79.9 Å². The fraction of sp³-hybridized carbons (Fsp3) is 0.360. The molecule has 1 aliphatic rings. The Kier molecular flexibility index (Phi) is 7.35. The fourth-order valence-corrected chi connectivity index (χ4v) is 6.66. The summed E-state index contributed by atoms with van der Waals surface area (Å²) in [5.74, 6) is 1.21. The Morgan fingerprint density at radius 2 is 1.79 bits per heavy atom. The molecule has 0 amide bonds. The number of methoxy groups -OCH3 is 1. The van der Waals surface area contributed by atoms with E-state index in [9.17, 15) is 8.42 Å². The molecule has 2 heterocycles. The predicted octanol–water partition coefficient (Wildman–Crippen LogP) is 4.81. The molecule has 182 valence electrons. The molecule has 0 unspecified atom stereocenters. The van der Waals surface area contributed by atoms with E-state index in [-0.39, 0.29) is 4.21 Å². The van der Waals surface area contributed by atoms with Crippen molar-refractivity contribution in [1.82, 2.24) is 5.32 Å². The van der Waals surface area contributed by atoms with E-state index in [1.807, 2.05) is 55.5 Å². The molecule has 1 saturated heterocycles. The minimum absolute atomic E-state index is 0.227. The third-order valence-electron chi connectivity index (χ3n) is 5.65. The molecule has 4 rings (SSSR count). The summed E-state index contributed by atoms with van der Waals surface area (Å²) in [7, 11) is -2.27. The number of hydrogen-bond acceptors (Lipinski definition) is 7. The Morgan fingerprint density at radius 1 is 1.06 bits per heavy atom. The first-order valence-electron chi connectivity index (χ1n) is 11.3. The van der Waals surface area contributed by atoms with Crippen LogP contribution in [0.4, 0.5) is 11.4 Å². The highest BCUT2D eigenvalue weighted by Crippen LogP contribution is 2.38. The monoisotopic (exact) mass is 501 g/mol. The van der Waals surface area contributed by atoms with E-state index in [1.54, 1.807) is 6.07 Å². The second kappa shape index (κ2) is 10.2. The molecule has 1 fully saturated rings. The molecule has 2 atom stereocenters. The zero-order valence-electron chi connectivity index (χ0n) is 19.9. The Balaban J connectivity index is 1.61. The molecule has 34 heavy (non-hydrogen) atoms. The van der Waals surface area contributed by atoms with Crippen LogP contribution in [0.25, 0.3) is 10.4 Å². The second-order valence-corrected chi connectivity index (χ2v) is 11.4. The number of hydrogen-bond donors (Lipinski definition) is 2. The van der Waals surface area contributed by atoms with Crippen molar-refractivity contribution in [2.45, 2.75) is 37.1 Å². The molecule has 2 N–H and O–H groups in total. The van der Waals surface area contributed by atoms with Crippen LogP contribution in [0.1, 0.15) is 20.8 Å². The molecule has 2 aromatic carbocycles. The molecular weight excluding hydrogens is 470 g/mol. The normalized spacial score (nSPS) is 18.5. The molecule has 0 bridgehead atoms. The average molecular weight is 502 g/mol. The highest BCUT2D eigenvalue weighted by molar-refractivity contribution is 7.94. The lowest BCUT2D eigenvalue weighted by molar-refractivity contribution is 0.341. The minimum atomic E-state index is -3.81. The van der Waals surface area contributed by atoms with Gasteiger partial charge in [0.25, 0.3) is 10.0 Å². The maximum absolute atomic E-state index is 13.3. The van der Waals surface area contributed by atoms with Crippen LogP contribution >= 0.6 is 11.3 Å². The predicted molar refractivity (Wildman–Crippen MR) is 139 cm³/mol.